The molecule has 0 aliphatic heterocycles. The van der Waals surface area contributed by atoms with Crippen molar-refractivity contribution >= 4 is 11.6 Å². The van der Waals surface area contributed by atoms with E-state index in [4.69, 9.17) is 0 Å². The van der Waals surface area contributed by atoms with E-state index in [0.29, 0.717) is 0 Å². The van der Waals surface area contributed by atoms with E-state index in [1.165, 1.54) is 6.33 Å². The fourth-order valence-corrected chi connectivity index (χ4v) is 1.43. The van der Waals surface area contributed by atoms with Gasteiger partial charge in [-0.1, -0.05) is 13.8 Å². The van der Waals surface area contributed by atoms with Gasteiger partial charge >= 0.3 is 0 Å². The second kappa shape index (κ2) is 5.39. The van der Waals surface area contributed by atoms with Crippen molar-refractivity contribution in [2.24, 2.45) is 5.92 Å². The molecule has 0 bridgehead atoms. The quantitative estimate of drug-likeness (QED) is 0.888. The second-order valence-corrected chi connectivity index (χ2v) is 4.10. The van der Waals surface area contributed by atoms with Crippen molar-refractivity contribution < 1.29 is 4.79 Å². The smallest absolute Gasteiger partial charge is 0.227 e. The Morgan fingerprint density at radius 1 is 1.39 bits per heavy atom. The fraction of sp³-hybridized carbons (Fsp3) is 0.333. The van der Waals surface area contributed by atoms with E-state index in [1.807, 2.05) is 38.1 Å². The van der Waals surface area contributed by atoms with Crippen molar-refractivity contribution in [1.29, 1.82) is 0 Å². The lowest BCUT2D eigenvalue weighted by Crippen LogP contribution is -2.19. The average molecular weight is 245 g/mol. The van der Waals surface area contributed by atoms with Crippen LogP contribution in [0.25, 0.3) is 5.69 Å². The number of benzene rings is 1. The van der Waals surface area contributed by atoms with Crippen LogP contribution < -0.4 is 5.32 Å². The fourth-order valence-electron chi connectivity index (χ4n) is 1.43. The van der Waals surface area contributed by atoms with Crippen molar-refractivity contribution in [2.75, 3.05) is 5.32 Å². The zero-order chi connectivity index (χ0) is 13.0. The van der Waals surface area contributed by atoms with Gasteiger partial charge in [0.25, 0.3) is 0 Å². The molecule has 6 nitrogen and oxygen atoms in total. The van der Waals surface area contributed by atoms with Crippen LogP contribution >= 0.6 is 0 Å². The Hall–Kier alpha value is -2.24. The number of hydrogen-bond donors (Lipinski definition) is 1. The summed E-state index contributed by atoms with van der Waals surface area (Å²) >= 11 is 0. The number of nitrogens with one attached hydrogen (secondary N) is 1. The van der Waals surface area contributed by atoms with E-state index in [-0.39, 0.29) is 11.8 Å². The number of amides is 1. The van der Waals surface area contributed by atoms with E-state index in [2.05, 4.69) is 20.8 Å². The van der Waals surface area contributed by atoms with Crippen LogP contribution in [0.4, 0.5) is 5.69 Å². The van der Waals surface area contributed by atoms with Gasteiger partial charge in [-0.25, -0.2) is 4.68 Å². The lowest BCUT2D eigenvalue weighted by Gasteiger charge is -2.10. The molecule has 0 saturated carbocycles. The van der Waals surface area contributed by atoms with Crippen LogP contribution in [0, 0.1) is 5.92 Å². The molecule has 0 radical (unpaired) electrons. The summed E-state index contributed by atoms with van der Waals surface area (Å²) in [5.74, 6) is 0.0527. The Bertz CT molecular complexity index is 506. The van der Waals surface area contributed by atoms with Crippen LogP contribution in [-0.4, -0.2) is 26.1 Å². The van der Waals surface area contributed by atoms with Gasteiger partial charge in [-0.15, -0.1) is 5.10 Å². The van der Waals surface area contributed by atoms with Gasteiger partial charge in [-0.3, -0.25) is 4.79 Å². The molecule has 1 aromatic heterocycles. The highest BCUT2D eigenvalue weighted by Gasteiger charge is 2.10. The summed E-state index contributed by atoms with van der Waals surface area (Å²) in [6, 6.07) is 7.36. The third-order valence-corrected chi connectivity index (χ3v) is 2.81. The summed E-state index contributed by atoms with van der Waals surface area (Å²) in [4.78, 5) is 11.7. The summed E-state index contributed by atoms with van der Waals surface area (Å²) < 4.78 is 1.56. The van der Waals surface area contributed by atoms with Crippen LogP contribution in [0.15, 0.2) is 30.6 Å². The normalized spacial score (nSPS) is 12.1. The van der Waals surface area contributed by atoms with Crippen molar-refractivity contribution in [1.82, 2.24) is 20.2 Å². The molecule has 18 heavy (non-hydrogen) atoms. The highest BCUT2D eigenvalue weighted by atomic mass is 16.1. The Balaban J connectivity index is 2.06. The van der Waals surface area contributed by atoms with Crippen LogP contribution in [0.1, 0.15) is 20.3 Å². The summed E-state index contributed by atoms with van der Waals surface area (Å²) in [6.45, 7) is 3.90. The van der Waals surface area contributed by atoms with E-state index in [1.54, 1.807) is 4.68 Å². The SMILES string of the molecule is CC[C@@H](C)C(=O)Nc1ccc(-n2cnnn2)cc1. The maximum atomic E-state index is 11.7. The van der Waals surface area contributed by atoms with Crippen LogP contribution in [-0.2, 0) is 4.79 Å². The molecule has 2 rings (SSSR count). The van der Waals surface area contributed by atoms with Crippen molar-refractivity contribution in [3.63, 3.8) is 0 Å². The van der Waals surface area contributed by atoms with Crippen molar-refractivity contribution in [2.45, 2.75) is 20.3 Å². The molecule has 0 spiro atoms. The first-order chi connectivity index (χ1) is 8.70. The van der Waals surface area contributed by atoms with Crippen LogP contribution in [0.3, 0.4) is 0 Å². The molecular weight excluding hydrogens is 230 g/mol. The van der Waals surface area contributed by atoms with Gasteiger partial charge in [-0.2, -0.15) is 0 Å². The molecule has 0 unspecified atom stereocenters. The number of carbonyl (C=O) groups is 1. The Morgan fingerprint density at radius 3 is 2.67 bits per heavy atom. The van der Waals surface area contributed by atoms with Crippen molar-refractivity contribution in [3.05, 3.63) is 30.6 Å². The molecular formula is C12H15N5O. The first-order valence-corrected chi connectivity index (χ1v) is 5.85. The molecule has 0 fully saturated rings. The highest BCUT2D eigenvalue weighted by Crippen LogP contribution is 2.13. The standard InChI is InChI=1S/C12H15N5O/c1-3-9(2)12(18)14-10-4-6-11(7-5-10)17-8-13-15-16-17/h4-9H,3H2,1-2H3,(H,14,18)/t9-/m1/s1. The Morgan fingerprint density at radius 2 is 2.11 bits per heavy atom. The van der Waals surface area contributed by atoms with Crippen LogP contribution in [0.5, 0.6) is 0 Å². The van der Waals surface area contributed by atoms with Gasteiger partial charge in [0.15, 0.2) is 0 Å². The largest absolute Gasteiger partial charge is 0.326 e. The second-order valence-electron chi connectivity index (χ2n) is 4.10. The number of hydrogen-bond acceptors (Lipinski definition) is 4. The third kappa shape index (κ3) is 2.71. The lowest BCUT2D eigenvalue weighted by atomic mass is 10.1. The summed E-state index contributed by atoms with van der Waals surface area (Å²) in [5.41, 5.74) is 1.62. The molecule has 1 amide bonds. The number of carbonyl (C=O) groups excluding carboxylic acids is 1. The number of anilines is 1. The van der Waals surface area contributed by atoms with Gasteiger partial charge in [0, 0.05) is 11.6 Å². The molecule has 0 aliphatic carbocycles. The maximum absolute atomic E-state index is 11.7. The van der Waals surface area contributed by atoms with Crippen molar-refractivity contribution in [3.8, 4) is 5.69 Å². The van der Waals surface area contributed by atoms with E-state index in [0.717, 1.165) is 17.8 Å². The minimum absolute atomic E-state index is 0.0178. The zero-order valence-electron chi connectivity index (χ0n) is 10.4. The average Bonchev–Trinajstić information content (AvgIpc) is 2.92. The third-order valence-electron chi connectivity index (χ3n) is 2.81. The molecule has 1 heterocycles. The maximum Gasteiger partial charge on any atom is 0.227 e. The number of rotatable bonds is 4. The topological polar surface area (TPSA) is 72.7 Å². The lowest BCUT2D eigenvalue weighted by molar-refractivity contribution is -0.119. The minimum atomic E-state index is 0.0178. The highest BCUT2D eigenvalue weighted by molar-refractivity contribution is 5.92. The number of nitrogens with zero attached hydrogens (tertiary/aromatic N) is 4. The van der Waals surface area contributed by atoms with Gasteiger partial charge in [0.2, 0.25) is 5.91 Å². The number of tetrazole rings is 1. The molecule has 1 atom stereocenters. The molecule has 94 valence electrons. The van der Waals surface area contributed by atoms with Crippen LogP contribution in [0.2, 0.25) is 0 Å². The zero-order valence-corrected chi connectivity index (χ0v) is 10.4. The van der Waals surface area contributed by atoms with Gasteiger partial charge in [-0.05, 0) is 41.1 Å². The Kier molecular flexibility index (Phi) is 3.66. The summed E-state index contributed by atoms with van der Waals surface area (Å²) in [7, 11) is 0. The summed E-state index contributed by atoms with van der Waals surface area (Å²) in [5, 5.41) is 13.8. The summed E-state index contributed by atoms with van der Waals surface area (Å²) in [6.07, 6.45) is 2.35. The first kappa shape index (κ1) is 12.2. The number of aromatic nitrogens is 4. The predicted octanol–water partition coefficient (Wildman–Crippen LogP) is 1.65. The van der Waals surface area contributed by atoms with Gasteiger partial charge < -0.3 is 5.32 Å². The molecule has 1 aromatic carbocycles. The van der Waals surface area contributed by atoms with E-state index >= 15 is 0 Å². The minimum Gasteiger partial charge on any atom is -0.326 e. The molecule has 0 saturated heterocycles. The first-order valence-electron chi connectivity index (χ1n) is 5.85. The molecule has 2 aromatic rings. The molecule has 0 aliphatic rings. The van der Waals surface area contributed by atoms with E-state index < -0.39 is 0 Å². The van der Waals surface area contributed by atoms with Gasteiger partial charge in [0.1, 0.15) is 6.33 Å². The molecule has 6 heteroatoms. The monoisotopic (exact) mass is 245 g/mol. The van der Waals surface area contributed by atoms with Gasteiger partial charge in [0.05, 0.1) is 5.69 Å². The predicted molar refractivity (Wildman–Crippen MR) is 67.2 cm³/mol. The van der Waals surface area contributed by atoms with E-state index in [9.17, 15) is 4.79 Å². The molecule has 1 N–H and O–H groups in total. The Labute approximate surface area is 105 Å².